The van der Waals surface area contributed by atoms with Gasteiger partial charge in [0.2, 0.25) is 11.8 Å². The molecule has 0 spiro atoms. The molecule has 3 amide bonds. The SMILES string of the molecule is Cc1cc(C2CN(C(=O)OC(C)(C)C)CCN2)ccc1NC1CCC(=O)NC1=O. The van der Waals surface area contributed by atoms with E-state index in [9.17, 15) is 14.4 Å². The minimum Gasteiger partial charge on any atom is -0.444 e. The second kappa shape index (κ2) is 8.41. The Bertz CT molecular complexity index is 802. The minimum absolute atomic E-state index is 0.0135. The molecule has 0 radical (unpaired) electrons. The summed E-state index contributed by atoms with van der Waals surface area (Å²) >= 11 is 0. The number of ether oxygens (including phenoxy) is 1. The highest BCUT2D eigenvalue weighted by Crippen LogP contribution is 2.25. The number of aryl methyl sites for hydroxylation is 1. The first-order valence-corrected chi connectivity index (χ1v) is 10.0. The molecule has 1 aromatic rings. The van der Waals surface area contributed by atoms with Gasteiger partial charge in [-0.3, -0.25) is 14.9 Å². The van der Waals surface area contributed by atoms with E-state index in [1.54, 1.807) is 4.90 Å². The third-order valence-electron chi connectivity index (χ3n) is 5.05. The van der Waals surface area contributed by atoms with Crippen LogP contribution in [0.25, 0.3) is 0 Å². The smallest absolute Gasteiger partial charge is 0.410 e. The number of rotatable bonds is 3. The molecule has 1 aromatic carbocycles. The first kappa shape index (κ1) is 21.1. The van der Waals surface area contributed by atoms with Crippen molar-refractivity contribution in [3.8, 4) is 0 Å². The van der Waals surface area contributed by atoms with Crippen LogP contribution in [0.15, 0.2) is 18.2 Å². The fourth-order valence-electron chi connectivity index (χ4n) is 3.55. The van der Waals surface area contributed by atoms with Crippen molar-refractivity contribution in [3.63, 3.8) is 0 Å². The summed E-state index contributed by atoms with van der Waals surface area (Å²) < 4.78 is 5.49. The Labute approximate surface area is 171 Å². The van der Waals surface area contributed by atoms with E-state index in [0.717, 1.165) is 16.8 Å². The van der Waals surface area contributed by atoms with Crippen molar-refractivity contribution in [1.29, 1.82) is 0 Å². The van der Waals surface area contributed by atoms with Crippen molar-refractivity contribution in [2.24, 2.45) is 0 Å². The molecule has 2 saturated heterocycles. The molecule has 2 heterocycles. The summed E-state index contributed by atoms with van der Waals surface area (Å²) in [6.07, 6.45) is 0.533. The number of piperidine rings is 1. The molecule has 0 saturated carbocycles. The summed E-state index contributed by atoms with van der Waals surface area (Å²) in [6.45, 7) is 9.41. The molecule has 2 fully saturated rings. The normalized spacial score (nSPS) is 22.8. The Morgan fingerprint density at radius 3 is 2.69 bits per heavy atom. The van der Waals surface area contributed by atoms with Gasteiger partial charge in [0.15, 0.2) is 0 Å². The molecule has 8 nitrogen and oxygen atoms in total. The number of benzene rings is 1. The van der Waals surface area contributed by atoms with Gasteiger partial charge in [0.25, 0.3) is 0 Å². The highest BCUT2D eigenvalue weighted by Gasteiger charge is 2.29. The van der Waals surface area contributed by atoms with Gasteiger partial charge >= 0.3 is 6.09 Å². The zero-order valence-corrected chi connectivity index (χ0v) is 17.5. The maximum Gasteiger partial charge on any atom is 0.410 e. The summed E-state index contributed by atoms with van der Waals surface area (Å²) in [4.78, 5) is 37.4. The van der Waals surface area contributed by atoms with Crippen LogP contribution in [0.3, 0.4) is 0 Å². The van der Waals surface area contributed by atoms with E-state index < -0.39 is 11.6 Å². The van der Waals surface area contributed by atoms with E-state index in [0.29, 0.717) is 32.5 Å². The molecule has 2 aliphatic heterocycles. The van der Waals surface area contributed by atoms with E-state index in [1.165, 1.54) is 0 Å². The van der Waals surface area contributed by atoms with Crippen LogP contribution in [-0.2, 0) is 14.3 Å². The molecule has 0 aromatic heterocycles. The number of carbonyl (C=O) groups is 3. The van der Waals surface area contributed by atoms with Crippen molar-refractivity contribution < 1.29 is 19.1 Å². The van der Waals surface area contributed by atoms with Gasteiger partial charge in [0, 0.05) is 31.7 Å². The molecular weight excluding hydrogens is 372 g/mol. The van der Waals surface area contributed by atoms with Crippen LogP contribution >= 0.6 is 0 Å². The zero-order chi connectivity index (χ0) is 21.2. The van der Waals surface area contributed by atoms with Crippen LogP contribution in [0.4, 0.5) is 10.5 Å². The van der Waals surface area contributed by atoms with E-state index in [-0.39, 0.29) is 23.9 Å². The Hall–Kier alpha value is -2.61. The number of piperazine rings is 1. The van der Waals surface area contributed by atoms with Gasteiger partial charge in [-0.15, -0.1) is 0 Å². The Balaban J connectivity index is 1.65. The minimum atomic E-state index is -0.516. The molecule has 8 heteroatoms. The molecule has 0 bridgehead atoms. The number of carbonyl (C=O) groups excluding carboxylic acids is 3. The van der Waals surface area contributed by atoms with E-state index >= 15 is 0 Å². The lowest BCUT2D eigenvalue weighted by Gasteiger charge is -2.35. The van der Waals surface area contributed by atoms with Crippen molar-refractivity contribution in [1.82, 2.24) is 15.5 Å². The quantitative estimate of drug-likeness (QED) is 0.670. The Morgan fingerprint density at radius 1 is 1.28 bits per heavy atom. The maximum absolute atomic E-state index is 12.4. The van der Waals surface area contributed by atoms with Gasteiger partial charge < -0.3 is 20.3 Å². The van der Waals surface area contributed by atoms with Crippen LogP contribution in [0.2, 0.25) is 0 Å². The lowest BCUT2D eigenvalue weighted by Crippen LogP contribution is -2.49. The van der Waals surface area contributed by atoms with Gasteiger partial charge in [-0.05, 0) is 51.3 Å². The summed E-state index contributed by atoms with van der Waals surface area (Å²) in [5, 5.41) is 9.05. The standard InChI is InChI=1S/C21H30N4O4/c1-13-11-14(5-6-15(13)23-16-7-8-18(26)24-19(16)27)17-12-25(10-9-22-17)20(28)29-21(2,3)4/h5-6,11,16-17,22-23H,7-10,12H2,1-4H3,(H,24,26,27). The van der Waals surface area contributed by atoms with Crippen LogP contribution in [0, 0.1) is 6.92 Å². The average molecular weight is 402 g/mol. The summed E-state index contributed by atoms with van der Waals surface area (Å²) in [6, 6.07) is 5.61. The second-order valence-electron chi connectivity index (χ2n) is 8.66. The maximum atomic E-state index is 12.4. The van der Waals surface area contributed by atoms with Crippen LogP contribution in [0.5, 0.6) is 0 Å². The third kappa shape index (κ3) is 5.47. The van der Waals surface area contributed by atoms with Crippen molar-refractivity contribution in [2.75, 3.05) is 25.0 Å². The van der Waals surface area contributed by atoms with E-state index in [4.69, 9.17) is 4.74 Å². The first-order valence-electron chi connectivity index (χ1n) is 10.0. The van der Waals surface area contributed by atoms with Gasteiger partial charge in [0.1, 0.15) is 11.6 Å². The molecular formula is C21H30N4O4. The molecule has 3 N–H and O–H groups in total. The average Bonchev–Trinajstić information content (AvgIpc) is 2.64. The monoisotopic (exact) mass is 402 g/mol. The van der Waals surface area contributed by atoms with Gasteiger partial charge in [0.05, 0.1) is 6.04 Å². The summed E-state index contributed by atoms with van der Waals surface area (Å²) in [7, 11) is 0. The topological polar surface area (TPSA) is 99.8 Å². The molecule has 2 atom stereocenters. The highest BCUT2D eigenvalue weighted by atomic mass is 16.6. The number of imide groups is 1. The fraction of sp³-hybridized carbons (Fsp3) is 0.571. The Kier molecular flexibility index (Phi) is 6.12. The molecule has 3 rings (SSSR count). The van der Waals surface area contributed by atoms with E-state index in [1.807, 2.05) is 39.8 Å². The van der Waals surface area contributed by atoms with Crippen LogP contribution < -0.4 is 16.0 Å². The summed E-state index contributed by atoms with van der Waals surface area (Å²) in [5.74, 6) is -0.510. The van der Waals surface area contributed by atoms with Gasteiger partial charge in [-0.25, -0.2) is 4.79 Å². The van der Waals surface area contributed by atoms with Gasteiger partial charge in [-0.1, -0.05) is 12.1 Å². The number of hydrogen-bond donors (Lipinski definition) is 3. The molecule has 29 heavy (non-hydrogen) atoms. The predicted molar refractivity (Wildman–Crippen MR) is 110 cm³/mol. The highest BCUT2D eigenvalue weighted by molar-refractivity contribution is 6.01. The summed E-state index contributed by atoms with van der Waals surface area (Å²) in [5.41, 5.74) is 2.42. The first-order chi connectivity index (χ1) is 13.6. The van der Waals surface area contributed by atoms with Gasteiger partial charge in [-0.2, -0.15) is 0 Å². The molecule has 158 valence electrons. The molecule has 2 aliphatic rings. The van der Waals surface area contributed by atoms with Crippen molar-refractivity contribution >= 4 is 23.6 Å². The van der Waals surface area contributed by atoms with Crippen molar-refractivity contribution in [2.45, 2.75) is 58.2 Å². The number of nitrogens with one attached hydrogen (secondary N) is 3. The van der Waals surface area contributed by atoms with Crippen LogP contribution in [0.1, 0.15) is 50.8 Å². The number of amides is 3. The zero-order valence-electron chi connectivity index (χ0n) is 17.5. The molecule has 0 aliphatic carbocycles. The number of anilines is 1. The third-order valence-corrected chi connectivity index (χ3v) is 5.05. The molecule has 2 unspecified atom stereocenters. The van der Waals surface area contributed by atoms with E-state index in [2.05, 4.69) is 22.0 Å². The lowest BCUT2D eigenvalue weighted by molar-refractivity contribution is -0.133. The Morgan fingerprint density at radius 2 is 2.03 bits per heavy atom. The lowest BCUT2D eigenvalue weighted by atomic mass is 10.00. The predicted octanol–water partition coefficient (Wildman–Crippen LogP) is 2.09. The van der Waals surface area contributed by atoms with Crippen LogP contribution in [-0.4, -0.2) is 54.1 Å². The fourth-order valence-corrected chi connectivity index (χ4v) is 3.55. The number of nitrogens with zero attached hydrogens (tertiary/aromatic N) is 1. The van der Waals surface area contributed by atoms with Crippen molar-refractivity contribution in [3.05, 3.63) is 29.3 Å². The second-order valence-corrected chi connectivity index (χ2v) is 8.66. The number of hydrogen-bond acceptors (Lipinski definition) is 6. The largest absolute Gasteiger partial charge is 0.444 e.